The summed E-state index contributed by atoms with van der Waals surface area (Å²) in [4.78, 5) is 12.0. The van der Waals surface area contributed by atoms with Crippen molar-refractivity contribution in [2.45, 2.75) is 65.9 Å². The molecule has 1 fully saturated rings. The lowest BCUT2D eigenvalue weighted by Crippen LogP contribution is -2.47. The average molecular weight is 290 g/mol. The maximum absolute atomic E-state index is 12.0. The van der Waals surface area contributed by atoms with Crippen molar-refractivity contribution in [3.05, 3.63) is 23.2 Å². The highest BCUT2D eigenvalue weighted by molar-refractivity contribution is 5.69. The van der Waals surface area contributed by atoms with Crippen LogP contribution in [0.15, 0.2) is 10.7 Å². The number of furan rings is 1. The summed E-state index contributed by atoms with van der Waals surface area (Å²) in [6.07, 6.45) is 6.79. The molecule has 0 aromatic carbocycles. The molecule has 0 amide bonds. The molecule has 0 bridgehead atoms. The summed E-state index contributed by atoms with van der Waals surface area (Å²) in [5, 5.41) is 0. The molecule has 21 heavy (non-hydrogen) atoms. The van der Waals surface area contributed by atoms with Gasteiger partial charge in [0.25, 0.3) is 0 Å². The molecule has 1 saturated carbocycles. The number of hydrogen-bond donors (Lipinski definition) is 0. The lowest BCUT2D eigenvalue weighted by molar-refractivity contribution is -0.169. The topological polar surface area (TPSA) is 39.4 Å². The summed E-state index contributed by atoms with van der Waals surface area (Å²) in [6, 6.07) is 0. The number of fused-ring (bicyclic) bond motifs is 2. The lowest BCUT2D eigenvalue weighted by atomic mass is 9.54. The van der Waals surface area contributed by atoms with E-state index < -0.39 is 0 Å². The molecule has 4 atom stereocenters. The second-order valence-corrected chi connectivity index (χ2v) is 7.08. The van der Waals surface area contributed by atoms with Gasteiger partial charge in [-0.3, -0.25) is 4.79 Å². The van der Waals surface area contributed by atoms with Gasteiger partial charge in [0.2, 0.25) is 0 Å². The van der Waals surface area contributed by atoms with Crippen LogP contribution in [-0.4, -0.2) is 5.97 Å². The number of carbonyl (C=O) groups is 1. The third kappa shape index (κ3) is 2.13. The van der Waals surface area contributed by atoms with Gasteiger partial charge in [0.05, 0.1) is 6.26 Å². The van der Waals surface area contributed by atoms with E-state index in [-0.39, 0.29) is 17.5 Å². The largest absolute Gasteiger partial charge is 0.469 e. The Hall–Kier alpha value is -1.25. The van der Waals surface area contributed by atoms with Gasteiger partial charge in [0.15, 0.2) is 0 Å². The molecule has 4 unspecified atom stereocenters. The van der Waals surface area contributed by atoms with Crippen LogP contribution in [0.5, 0.6) is 0 Å². The molecule has 1 heterocycles. The Morgan fingerprint density at radius 1 is 1.48 bits per heavy atom. The molecule has 0 radical (unpaired) electrons. The highest BCUT2D eigenvalue weighted by atomic mass is 16.5. The Kier molecular flexibility index (Phi) is 3.62. The monoisotopic (exact) mass is 290 g/mol. The molecule has 1 aromatic heterocycles. The fraction of sp³-hybridized carbons (Fsp3) is 0.722. The Balaban J connectivity index is 2.08. The van der Waals surface area contributed by atoms with E-state index in [1.54, 1.807) is 0 Å². The molecule has 0 N–H and O–H groups in total. The summed E-state index contributed by atoms with van der Waals surface area (Å²) in [7, 11) is 0. The van der Waals surface area contributed by atoms with Crippen molar-refractivity contribution in [2.24, 2.45) is 17.3 Å². The Morgan fingerprint density at radius 2 is 2.24 bits per heavy atom. The zero-order chi connectivity index (χ0) is 15.2. The van der Waals surface area contributed by atoms with Crippen LogP contribution in [0.2, 0.25) is 0 Å². The van der Waals surface area contributed by atoms with Crippen molar-refractivity contribution in [1.29, 1.82) is 0 Å². The minimum absolute atomic E-state index is 0.0325. The summed E-state index contributed by atoms with van der Waals surface area (Å²) < 4.78 is 11.7. The molecule has 2 aliphatic carbocycles. The number of esters is 1. The second-order valence-electron chi connectivity index (χ2n) is 7.08. The van der Waals surface area contributed by atoms with Crippen molar-refractivity contribution < 1.29 is 13.9 Å². The standard InChI is InChI=1S/C18H26O3/c1-5-15(19)21-17-16-11(2)10-20-14(16)9-13-8-6-7-12(3)18(13,17)4/h10,12-13,17H,5-9H2,1-4H3. The van der Waals surface area contributed by atoms with Crippen LogP contribution in [-0.2, 0) is 16.0 Å². The molecule has 116 valence electrons. The predicted octanol–water partition coefficient (Wildman–Crippen LogP) is 4.58. The van der Waals surface area contributed by atoms with Gasteiger partial charge >= 0.3 is 5.97 Å². The molecule has 0 aliphatic heterocycles. The minimum Gasteiger partial charge on any atom is -0.469 e. The number of hydrogen-bond acceptors (Lipinski definition) is 3. The highest BCUT2D eigenvalue weighted by Crippen LogP contribution is 2.59. The van der Waals surface area contributed by atoms with Crippen molar-refractivity contribution >= 4 is 5.97 Å². The molecule has 0 saturated heterocycles. The van der Waals surface area contributed by atoms with Gasteiger partial charge in [-0.25, -0.2) is 0 Å². The third-order valence-electron chi connectivity index (χ3n) is 6.03. The Bertz CT molecular complexity index is 545. The first-order valence-electron chi connectivity index (χ1n) is 8.24. The van der Waals surface area contributed by atoms with Crippen LogP contribution in [0.1, 0.15) is 69.4 Å². The summed E-state index contributed by atoms with van der Waals surface area (Å²) in [5.41, 5.74) is 2.30. The molecule has 2 aliphatic rings. The first-order valence-corrected chi connectivity index (χ1v) is 8.24. The van der Waals surface area contributed by atoms with Crippen molar-refractivity contribution in [2.75, 3.05) is 0 Å². The molecule has 1 aromatic rings. The number of rotatable bonds is 2. The first kappa shape index (κ1) is 14.7. The Morgan fingerprint density at radius 3 is 2.95 bits per heavy atom. The SMILES string of the molecule is CCC(=O)OC1c2c(C)coc2CC2CCCC(C)C21C. The number of carbonyl (C=O) groups excluding carboxylic acids is 1. The van der Waals surface area contributed by atoms with Gasteiger partial charge in [-0.15, -0.1) is 0 Å². The van der Waals surface area contributed by atoms with Crippen LogP contribution in [0.25, 0.3) is 0 Å². The van der Waals surface area contributed by atoms with Crippen LogP contribution in [0.3, 0.4) is 0 Å². The molecule has 3 heteroatoms. The van der Waals surface area contributed by atoms with E-state index in [1.807, 2.05) is 13.2 Å². The summed E-state index contributed by atoms with van der Waals surface area (Å²) in [6.45, 7) is 8.56. The van der Waals surface area contributed by atoms with E-state index in [9.17, 15) is 4.79 Å². The third-order valence-corrected chi connectivity index (χ3v) is 6.03. The van der Waals surface area contributed by atoms with E-state index in [4.69, 9.17) is 9.15 Å². The fourth-order valence-electron chi connectivity index (χ4n) is 4.44. The van der Waals surface area contributed by atoms with Crippen LogP contribution in [0, 0.1) is 24.2 Å². The second kappa shape index (κ2) is 5.19. The fourth-order valence-corrected chi connectivity index (χ4v) is 4.44. The Labute approximate surface area is 127 Å². The van der Waals surface area contributed by atoms with E-state index in [2.05, 4.69) is 20.8 Å². The van der Waals surface area contributed by atoms with Gasteiger partial charge in [0.1, 0.15) is 11.9 Å². The molecule has 3 rings (SSSR count). The maximum Gasteiger partial charge on any atom is 0.306 e. The molecular weight excluding hydrogens is 264 g/mol. The lowest BCUT2D eigenvalue weighted by Gasteiger charge is -2.52. The van der Waals surface area contributed by atoms with Crippen molar-refractivity contribution in [1.82, 2.24) is 0 Å². The normalized spacial score (nSPS) is 35.0. The molecule has 0 spiro atoms. The molecular formula is C18H26O3. The van der Waals surface area contributed by atoms with Crippen molar-refractivity contribution in [3.63, 3.8) is 0 Å². The van der Waals surface area contributed by atoms with E-state index in [0.29, 0.717) is 18.3 Å². The number of aryl methyl sites for hydroxylation is 1. The summed E-state index contributed by atoms with van der Waals surface area (Å²) >= 11 is 0. The highest BCUT2D eigenvalue weighted by Gasteiger charge is 2.54. The van der Waals surface area contributed by atoms with E-state index in [1.165, 1.54) is 19.3 Å². The van der Waals surface area contributed by atoms with Gasteiger partial charge in [-0.2, -0.15) is 0 Å². The van der Waals surface area contributed by atoms with Crippen LogP contribution < -0.4 is 0 Å². The summed E-state index contributed by atoms with van der Waals surface area (Å²) in [5.74, 6) is 2.05. The smallest absolute Gasteiger partial charge is 0.306 e. The average Bonchev–Trinajstić information content (AvgIpc) is 2.82. The minimum atomic E-state index is -0.146. The van der Waals surface area contributed by atoms with Crippen molar-refractivity contribution in [3.8, 4) is 0 Å². The van der Waals surface area contributed by atoms with Gasteiger partial charge in [0, 0.05) is 23.8 Å². The zero-order valence-electron chi connectivity index (χ0n) is 13.6. The molecule has 3 nitrogen and oxygen atoms in total. The van der Waals surface area contributed by atoms with Crippen LogP contribution in [0.4, 0.5) is 0 Å². The van der Waals surface area contributed by atoms with Gasteiger partial charge in [-0.1, -0.05) is 33.6 Å². The first-order chi connectivity index (χ1) is 9.98. The van der Waals surface area contributed by atoms with Crippen LogP contribution >= 0.6 is 0 Å². The zero-order valence-corrected chi connectivity index (χ0v) is 13.6. The van der Waals surface area contributed by atoms with Gasteiger partial charge in [-0.05, 0) is 30.7 Å². The predicted molar refractivity (Wildman–Crippen MR) is 80.9 cm³/mol. The van der Waals surface area contributed by atoms with Gasteiger partial charge < -0.3 is 9.15 Å². The van der Waals surface area contributed by atoms with E-state index >= 15 is 0 Å². The maximum atomic E-state index is 12.0. The van der Waals surface area contributed by atoms with E-state index in [0.717, 1.165) is 23.3 Å². The number of ether oxygens (including phenoxy) is 1. The quantitative estimate of drug-likeness (QED) is 0.748.